The van der Waals surface area contributed by atoms with Crippen molar-refractivity contribution >= 4 is 28.4 Å². The number of para-hydroxylation sites is 3. The number of nitrogens with zero attached hydrogens (tertiary/aromatic N) is 1. The summed E-state index contributed by atoms with van der Waals surface area (Å²) < 4.78 is 0. The van der Waals surface area contributed by atoms with Gasteiger partial charge >= 0.3 is 0 Å². The van der Waals surface area contributed by atoms with Crippen molar-refractivity contribution < 1.29 is 0 Å². The van der Waals surface area contributed by atoms with E-state index in [9.17, 15) is 0 Å². The van der Waals surface area contributed by atoms with E-state index in [1.165, 1.54) is 11.3 Å². The Kier molecular flexibility index (Phi) is 4.88. The molecule has 1 N–H and O–H groups in total. The molecule has 4 aromatic rings. The summed E-state index contributed by atoms with van der Waals surface area (Å²) in [4.78, 5) is 2.29. The van der Waals surface area contributed by atoms with Gasteiger partial charge in [0.05, 0.1) is 0 Å². The minimum Gasteiger partial charge on any atom is -0.356 e. The highest BCUT2D eigenvalue weighted by molar-refractivity contribution is 5.79. The van der Waals surface area contributed by atoms with Crippen LogP contribution in [0.5, 0.6) is 0 Å². The molecule has 0 atom stereocenters. The van der Waals surface area contributed by atoms with E-state index < -0.39 is 0 Å². The molecule has 2 heteroatoms. The molecule has 0 bridgehead atoms. The van der Waals surface area contributed by atoms with Gasteiger partial charge in [-0.05, 0) is 67.1 Å². The summed E-state index contributed by atoms with van der Waals surface area (Å²) in [6.45, 7) is 2.15. The number of aryl methyl sites for hydroxylation is 1. The highest BCUT2D eigenvalue weighted by atomic mass is 15.1. The van der Waals surface area contributed by atoms with Gasteiger partial charge in [-0.2, -0.15) is 0 Å². The van der Waals surface area contributed by atoms with Crippen molar-refractivity contribution in [3.63, 3.8) is 0 Å². The van der Waals surface area contributed by atoms with Gasteiger partial charge in [-0.3, -0.25) is 0 Å². The average molecular weight is 350 g/mol. The molecule has 0 aliphatic carbocycles. The highest BCUT2D eigenvalue weighted by Gasteiger charge is 2.13. The first-order chi connectivity index (χ1) is 13.3. The first-order valence-corrected chi connectivity index (χ1v) is 9.14. The number of rotatable bonds is 5. The zero-order chi connectivity index (χ0) is 18.5. The van der Waals surface area contributed by atoms with Crippen molar-refractivity contribution in [2.45, 2.75) is 6.92 Å². The molecule has 2 nitrogen and oxygen atoms in total. The molecule has 0 aliphatic heterocycles. The predicted octanol–water partition coefficient (Wildman–Crippen LogP) is 7.21. The fourth-order valence-electron chi connectivity index (χ4n) is 3.20. The van der Waals surface area contributed by atoms with Crippen LogP contribution in [0.25, 0.3) is 0 Å². The third kappa shape index (κ3) is 3.85. The second-order valence-corrected chi connectivity index (χ2v) is 6.50. The van der Waals surface area contributed by atoms with Gasteiger partial charge in [0.15, 0.2) is 0 Å². The number of hydrogen-bond donors (Lipinski definition) is 1. The molecule has 0 aromatic heterocycles. The molecule has 0 unspecified atom stereocenters. The Bertz CT molecular complexity index is 993. The topological polar surface area (TPSA) is 15.3 Å². The van der Waals surface area contributed by atoms with Gasteiger partial charge in [0.25, 0.3) is 0 Å². The van der Waals surface area contributed by atoms with E-state index in [0.717, 1.165) is 22.7 Å². The molecule has 0 heterocycles. The molecule has 132 valence electrons. The molecule has 0 aliphatic rings. The summed E-state index contributed by atoms with van der Waals surface area (Å²) in [6, 6.07) is 37.7. The fourth-order valence-corrected chi connectivity index (χ4v) is 3.20. The van der Waals surface area contributed by atoms with Crippen LogP contribution in [0.4, 0.5) is 28.4 Å². The van der Waals surface area contributed by atoms with Gasteiger partial charge in [0, 0.05) is 28.4 Å². The average Bonchev–Trinajstić information content (AvgIpc) is 2.72. The molecule has 4 rings (SSSR count). The smallest absolute Gasteiger partial charge is 0.0490 e. The molecular weight excluding hydrogens is 328 g/mol. The molecule has 4 aromatic carbocycles. The summed E-state index contributed by atoms with van der Waals surface area (Å²) >= 11 is 0. The van der Waals surface area contributed by atoms with Gasteiger partial charge in [0.2, 0.25) is 0 Å². The quantitative estimate of drug-likeness (QED) is 0.409. The van der Waals surface area contributed by atoms with E-state index >= 15 is 0 Å². The van der Waals surface area contributed by atoms with Gasteiger partial charge in [-0.15, -0.1) is 0 Å². The summed E-state index contributed by atoms with van der Waals surface area (Å²) in [7, 11) is 0. The van der Waals surface area contributed by atoms with Crippen molar-refractivity contribution in [3.8, 4) is 0 Å². The highest BCUT2D eigenvalue weighted by Crippen LogP contribution is 2.36. The number of benzene rings is 4. The SMILES string of the molecule is Cc1ccccc1N(c1ccccc1)c1ccc(Nc2ccccc2)cc1. The maximum Gasteiger partial charge on any atom is 0.0490 e. The molecular formula is C25H22N2. The molecule has 0 spiro atoms. The predicted molar refractivity (Wildman–Crippen MR) is 116 cm³/mol. The number of nitrogens with one attached hydrogen (secondary N) is 1. The van der Waals surface area contributed by atoms with Gasteiger partial charge in [0.1, 0.15) is 0 Å². The molecule has 0 saturated heterocycles. The summed E-state index contributed by atoms with van der Waals surface area (Å²) in [5, 5.41) is 3.44. The standard InChI is InChI=1S/C25H22N2/c1-20-10-8-9-15-25(20)27(23-13-6-3-7-14-23)24-18-16-22(17-19-24)26-21-11-4-2-5-12-21/h2-19,26H,1H3. The van der Waals surface area contributed by atoms with E-state index in [1.807, 2.05) is 24.3 Å². The van der Waals surface area contributed by atoms with E-state index in [2.05, 4.69) is 102 Å². The van der Waals surface area contributed by atoms with Gasteiger partial charge in [-0.25, -0.2) is 0 Å². The summed E-state index contributed by atoms with van der Waals surface area (Å²) in [6.07, 6.45) is 0. The summed E-state index contributed by atoms with van der Waals surface area (Å²) in [5.41, 5.74) is 6.87. The maximum absolute atomic E-state index is 3.44. The zero-order valence-electron chi connectivity index (χ0n) is 15.3. The molecule has 0 amide bonds. The van der Waals surface area contributed by atoms with Crippen LogP contribution in [0.1, 0.15) is 5.56 Å². The maximum atomic E-state index is 3.44. The third-order valence-electron chi connectivity index (χ3n) is 4.56. The van der Waals surface area contributed by atoms with Crippen molar-refractivity contribution in [3.05, 3.63) is 115 Å². The first kappa shape index (κ1) is 16.9. The largest absolute Gasteiger partial charge is 0.356 e. The Morgan fingerprint density at radius 2 is 1.04 bits per heavy atom. The molecule has 0 fully saturated rings. The van der Waals surface area contributed by atoms with Crippen LogP contribution in [0.2, 0.25) is 0 Å². The minimum absolute atomic E-state index is 1.07. The van der Waals surface area contributed by atoms with Crippen molar-refractivity contribution in [2.75, 3.05) is 10.2 Å². The lowest BCUT2D eigenvalue weighted by Gasteiger charge is -2.27. The van der Waals surface area contributed by atoms with Crippen LogP contribution in [-0.2, 0) is 0 Å². The second kappa shape index (κ2) is 7.79. The van der Waals surface area contributed by atoms with Crippen molar-refractivity contribution in [2.24, 2.45) is 0 Å². The monoisotopic (exact) mass is 350 g/mol. The van der Waals surface area contributed by atoms with Crippen LogP contribution in [0.15, 0.2) is 109 Å². The van der Waals surface area contributed by atoms with E-state index in [4.69, 9.17) is 0 Å². The second-order valence-electron chi connectivity index (χ2n) is 6.50. The Labute approximate surface area is 160 Å². The normalized spacial score (nSPS) is 10.4. The lowest BCUT2D eigenvalue weighted by molar-refractivity contribution is 1.25. The van der Waals surface area contributed by atoms with Crippen molar-refractivity contribution in [1.82, 2.24) is 0 Å². The minimum atomic E-state index is 1.07. The molecule has 0 saturated carbocycles. The van der Waals surface area contributed by atoms with Crippen molar-refractivity contribution in [1.29, 1.82) is 0 Å². The van der Waals surface area contributed by atoms with Crippen LogP contribution in [0, 0.1) is 6.92 Å². The van der Waals surface area contributed by atoms with E-state index in [1.54, 1.807) is 0 Å². The molecule has 27 heavy (non-hydrogen) atoms. The number of hydrogen-bond acceptors (Lipinski definition) is 2. The van der Waals surface area contributed by atoms with Gasteiger partial charge in [-0.1, -0.05) is 54.6 Å². The van der Waals surface area contributed by atoms with E-state index in [-0.39, 0.29) is 0 Å². The Balaban J connectivity index is 1.69. The van der Waals surface area contributed by atoms with Crippen LogP contribution in [0.3, 0.4) is 0 Å². The first-order valence-electron chi connectivity index (χ1n) is 9.14. The lowest BCUT2D eigenvalue weighted by atomic mass is 10.1. The van der Waals surface area contributed by atoms with Crippen LogP contribution >= 0.6 is 0 Å². The van der Waals surface area contributed by atoms with E-state index in [0.29, 0.717) is 0 Å². The third-order valence-corrected chi connectivity index (χ3v) is 4.56. The Hall–Kier alpha value is -3.52. The zero-order valence-corrected chi connectivity index (χ0v) is 15.3. The Morgan fingerprint density at radius 1 is 0.519 bits per heavy atom. The summed E-state index contributed by atoms with van der Waals surface area (Å²) in [5.74, 6) is 0. The van der Waals surface area contributed by atoms with Crippen LogP contribution in [-0.4, -0.2) is 0 Å². The fraction of sp³-hybridized carbons (Fsp3) is 0.0400. The Morgan fingerprint density at radius 3 is 1.70 bits per heavy atom. The van der Waals surface area contributed by atoms with Gasteiger partial charge < -0.3 is 10.2 Å². The van der Waals surface area contributed by atoms with Crippen LogP contribution < -0.4 is 10.2 Å². The number of anilines is 5. The lowest BCUT2D eigenvalue weighted by Crippen LogP contribution is -2.11. The molecule has 0 radical (unpaired) electrons.